The summed E-state index contributed by atoms with van der Waals surface area (Å²) in [6.07, 6.45) is 2.94. The van der Waals surface area contributed by atoms with Crippen molar-refractivity contribution < 1.29 is 10.0 Å². The first kappa shape index (κ1) is 15.4. The molecule has 24 heavy (non-hydrogen) atoms. The molecule has 0 fully saturated rings. The van der Waals surface area contributed by atoms with Gasteiger partial charge >= 0.3 is 0 Å². The van der Waals surface area contributed by atoms with Gasteiger partial charge in [-0.1, -0.05) is 43.3 Å². The number of hydrogen-bond acceptors (Lipinski definition) is 4. The van der Waals surface area contributed by atoms with E-state index in [1.165, 1.54) is 11.1 Å². The van der Waals surface area contributed by atoms with E-state index < -0.39 is 0 Å². The predicted molar refractivity (Wildman–Crippen MR) is 93.1 cm³/mol. The van der Waals surface area contributed by atoms with E-state index in [2.05, 4.69) is 55.1 Å². The Balaban J connectivity index is 1.93. The molecule has 2 aliphatic heterocycles. The van der Waals surface area contributed by atoms with Crippen molar-refractivity contribution in [2.45, 2.75) is 52.0 Å². The standard InChI is InChI=1S/C20H24N2O2/c1-19(2)11-16-18(17(23)12-19)15(21-24)10-20(3)14-7-5-4-6-13(14)8-9-22(16)20/h4-7,24H,8-12H2,1-3H3. The van der Waals surface area contributed by atoms with Crippen molar-refractivity contribution in [3.63, 3.8) is 0 Å². The van der Waals surface area contributed by atoms with E-state index in [1.807, 2.05) is 0 Å². The number of ketones is 1. The van der Waals surface area contributed by atoms with Crippen LogP contribution in [0.2, 0.25) is 0 Å². The molecule has 126 valence electrons. The smallest absolute Gasteiger partial charge is 0.167 e. The lowest BCUT2D eigenvalue weighted by atomic mass is 9.67. The minimum Gasteiger partial charge on any atom is -0.411 e. The zero-order chi connectivity index (χ0) is 17.1. The van der Waals surface area contributed by atoms with E-state index in [9.17, 15) is 10.0 Å². The molecule has 4 rings (SSSR count). The van der Waals surface area contributed by atoms with Crippen molar-refractivity contribution in [2.75, 3.05) is 6.54 Å². The Bertz CT molecular complexity index is 791. The van der Waals surface area contributed by atoms with Gasteiger partial charge in [0.25, 0.3) is 0 Å². The second-order valence-corrected chi connectivity index (χ2v) is 8.32. The van der Waals surface area contributed by atoms with Gasteiger partial charge in [0.2, 0.25) is 0 Å². The number of carbonyl (C=O) groups excluding carboxylic acids is 1. The molecule has 3 aliphatic rings. The number of oxime groups is 1. The molecule has 0 saturated heterocycles. The van der Waals surface area contributed by atoms with E-state index in [0.717, 1.165) is 25.1 Å². The third-order valence-corrected chi connectivity index (χ3v) is 5.90. The summed E-state index contributed by atoms with van der Waals surface area (Å²) in [6.45, 7) is 7.42. The van der Waals surface area contributed by atoms with Crippen molar-refractivity contribution in [3.05, 3.63) is 46.7 Å². The van der Waals surface area contributed by atoms with Crippen LogP contribution in [0.5, 0.6) is 0 Å². The molecule has 1 aromatic carbocycles. The number of fused-ring (bicyclic) bond motifs is 4. The van der Waals surface area contributed by atoms with Crippen LogP contribution < -0.4 is 0 Å². The van der Waals surface area contributed by atoms with Crippen LogP contribution in [0, 0.1) is 5.41 Å². The van der Waals surface area contributed by atoms with Crippen LogP contribution >= 0.6 is 0 Å². The summed E-state index contributed by atoms with van der Waals surface area (Å²) in [5.74, 6) is 0.120. The number of nitrogens with zero attached hydrogens (tertiary/aromatic N) is 2. The van der Waals surface area contributed by atoms with E-state index >= 15 is 0 Å². The first-order chi connectivity index (χ1) is 11.4. The molecule has 1 aliphatic carbocycles. The van der Waals surface area contributed by atoms with Gasteiger partial charge in [0.15, 0.2) is 5.78 Å². The van der Waals surface area contributed by atoms with Gasteiger partial charge < -0.3 is 10.1 Å². The van der Waals surface area contributed by atoms with Gasteiger partial charge in [0.1, 0.15) is 0 Å². The van der Waals surface area contributed by atoms with Crippen LogP contribution in [-0.4, -0.2) is 28.1 Å². The molecule has 4 nitrogen and oxygen atoms in total. The van der Waals surface area contributed by atoms with Gasteiger partial charge in [-0.15, -0.1) is 0 Å². The van der Waals surface area contributed by atoms with Gasteiger partial charge in [0, 0.05) is 25.1 Å². The monoisotopic (exact) mass is 324 g/mol. The van der Waals surface area contributed by atoms with E-state index in [0.29, 0.717) is 24.1 Å². The topological polar surface area (TPSA) is 52.9 Å². The highest BCUT2D eigenvalue weighted by molar-refractivity contribution is 6.24. The second-order valence-electron chi connectivity index (χ2n) is 8.32. The number of benzene rings is 1. The number of carbonyl (C=O) groups is 1. The Morgan fingerprint density at radius 2 is 1.88 bits per heavy atom. The third kappa shape index (κ3) is 2.05. The number of rotatable bonds is 0. The third-order valence-electron chi connectivity index (χ3n) is 5.90. The summed E-state index contributed by atoms with van der Waals surface area (Å²) < 4.78 is 0. The summed E-state index contributed by atoms with van der Waals surface area (Å²) >= 11 is 0. The van der Waals surface area contributed by atoms with Crippen molar-refractivity contribution in [3.8, 4) is 0 Å². The summed E-state index contributed by atoms with van der Waals surface area (Å²) in [6, 6.07) is 8.52. The maximum atomic E-state index is 12.8. The van der Waals surface area contributed by atoms with Crippen LogP contribution in [0.15, 0.2) is 40.7 Å². The average molecular weight is 324 g/mol. The fraction of sp³-hybridized carbons (Fsp3) is 0.500. The van der Waals surface area contributed by atoms with Gasteiger partial charge in [-0.2, -0.15) is 0 Å². The summed E-state index contributed by atoms with van der Waals surface area (Å²) in [7, 11) is 0. The van der Waals surface area contributed by atoms with Crippen LogP contribution in [-0.2, 0) is 16.8 Å². The molecule has 0 radical (unpaired) electrons. The van der Waals surface area contributed by atoms with Gasteiger partial charge in [-0.25, -0.2) is 0 Å². The fourth-order valence-electron chi connectivity index (χ4n) is 4.86. The normalized spacial score (nSPS) is 30.0. The Morgan fingerprint density at radius 3 is 2.62 bits per heavy atom. The Kier molecular flexibility index (Phi) is 3.18. The second kappa shape index (κ2) is 4.95. The Hall–Kier alpha value is -2.10. The van der Waals surface area contributed by atoms with Crippen molar-refractivity contribution in [2.24, 2.45) is 10.6 Å². The molecule has 2 heterocycles. The molecule has 0 spiro atoms. The van der Waals surface area contributed by atoms with Gasteiger partial charge in [-0.3, -0.25) is 4.79 Å². The largest absolute Gasteiger partial charge is 0.411 e. The lowest BCUT2D eigenvalue weighted by Crippen LogP contribution is -2.55. The van der Waals surface area contributed by atoms with Crippen LogP contribution in [0.25, 0.3) is 0 Å². The van der Waals surface area contributed by atoms with Gasteiger partial charge in [-0.05, 0) is 36.3 Å². The molecule has 0 amide bonds. The summed E-state index contributed by atoms with van der Waals surface area (Å²) in [5.41, 5.74) is 4.66. The Labute approximate surface area is 142 Å². The van der Waals surface area contributed by atoms with Crippen molar-refractivity contribution in [1.29, 1.82) is 0 Å². The highest BCUT2D eigenvalue weighted by atomic mass is 16.4. The zero-order valence-corrected chi connectivity index (χ0v) is 14.6. The minimum absolute atomic E-state index is 0.0499. The molecular formula is C20H24N2O2. The maximum absolute atomic E-state index is 12.8. The zero-order valence-electron chi connectivity index (χ0n) is 14.6. The number of allylic oxidation sites excluding steroid dienone is 2. The molecule has 4 heteroatoms. The Morgan fingerprint density at radius 1 is 1.12 bits per heavy atom. The number of hydrogen-bond donors (Lipinski definition) is 1. The SMILES string of the molecule is CC1(C)CC(=O)C2=C(C1)N1CCc3ccccc3C1(C)CC2=NO. The van der Waals surface area contributed by atoms with Crippen molar-refractivity contribution in [1.82, 2.24) is 4.90 Å². The molecule has 0 aromatic heterocycles. The molecule has 1 atom stereocenters. The maximum Gasteiger partial charge on any atom is 0.167 e. The van der Waals surface area contributed by atoms with E-state index in [1.54, 1.807) is 0 Å². The van der Waals surface area contributed by atoms with Crippen LogP contribution in [0.4, 0.5) is 0 Å². The first-order valence-corrected chi connectivity index (χ1v) is 8.69. The first-order valence-electron chi connectivity index (χ1n) is 8.69. The molecule has 0 saturated carbocycles. The van der Waals surface area contributed by atoms with E-state index in [4.69, 9.17) is 0 Å². The molecule has 1 N–H and O–H groups in total. The lowest BCUT2D eigenvalue weighted by molar-refractivity contribution is -0.118. The molecule has 1 aromatic rings. The summed E-state index contributed by atoms with van der Waals surface area (Å²) in [4.78, 5) is 15.2. The highest BCUT2D eigenvalue weighted by Gasteiger charge is 2.49. The van der Waals surface area contributed by atoms with Crippen LogP contribution in [0.1, 0.15) is 51.2 Å². The summed E-state index contributed by atoms with van der Waals surface area (Å²) in [5, 5.41) is 13.2. The van der Waals surface area contributed by atoms with Crippen LogP contribution in [0.3, 0.4) is 0 Å². The molecular weight excluding hydrogens is 300 g/mol. The van der Waals surface area contributed by atoms with Crippen molar-refractivity contribution >= 4 is 11.5 Å². The molecule has 1 unspecified atom stereocenters. The lowest BCUT2D eigenvalue weighted by Gasteiger charge is -2.54. The molecule has 0 bridgehead atoms. The van der Waals surface area contributed by atoms with Gasteiger partial charge in [0.05, 0.1) is 16.8 Å². The minimum atomic E-state index is -0.247. The number of Topliss-reactive ketones (excluding diaryl/α,β-unsaturated/α-hetero) is 1. The quantitative estimate of drug-likeness (QED) is 0.585. The highest BCUT2D eigenvalue weighted by Crippen LogP contribution is 2.50. The average Bonchev–Trinajstić information content (AvgIpc) is 2.52. The fourth-order valence-corrected chi connectivity index (χ4v) is 4.86. The predicted octanol–water partition coefficient (Wildman–Crippen LogP) is 3.64. The van der Waals surface area contributed by atoms with E-state index in [-0.39, 0.29) is 16.7 Å².